The molecule has 5 aromatic rings. The summed E-state index contributed by atoms with van der Waals surface area (Å²) in [5.74, 6) is -2.50. The van der Waals surface area contributed by atoms with Crippen LogP contribution in [0.25, 0.3) is 0 Å². The number of amides is 5. The van der Waals surface area contributed by atoms with Gasteiger partial charge in [-0.25, -0.2) is 16.8 Å². The van der Waals surface area contributed by atoms with E-state index in [0.29, 0.717) is 25.7 Å². The van der Waals surface area contributed by atoms with Gasteiger partial charge in [-0.1, -0.05) is 127 Å². The zero-order chi connectivity index (χ0) is 58.3. The predicted molar refractivity (Wildman–Crippen MR) is 312 cm³/mol. The maximum absolute atomic E-state index is 15.1. The Morgan fingerprint density at radius 3 is 1.34 bits per heavy atom. The minimum absolute atomic E-state index is 0.0381. The number of fused-ring (bicyclic) bond motifs is 2. The minimum atomic E-state index is -4.60. The standard InChI is InChI=1S/C61H76N10O9S2/c1-40(64-55(43-19-10-6-11-20-43)44-21-12-7-13-22-44)53-31-29-47-33-35-68(38-51(60(75)70(47)53)65-57(72)41(2)62-4)81(77,78)49-27-18-28-50(37-49)82(79,80)69-36-34-48-30-32-54(71(48)61(76)52(39-69)66-58(73)42(3)63-5)59(74)67-56(45-23-14-8-15-24-45)46-25-16-9-17-26-46/h6-28,37,40-42,47-48,51-56,62-64H,29-36,38-39H2,1-5H3,(H,65,72)(H,66,73)(H,67,74)/t40?,41-,42-,47+,48+,51-,52-,53-,54?/m0/s1. The summed E-state index contributed by atoms with van der Waals surface area (Å²) in [6.45, 7) is 4.18. The minimum Gasteiger partial charge on any atom is -0.343 e. The van der Waals surface area contributed by atoms with Crippen LogP contribution in [0.15, 0.2) is 155 Å². The van der Waals surface area contributed by atoms with Crippen LogP contribution in [-0.2, 0) is 44.0 Å². The molecular weight excluding hydrogens is 1080 g/mol. The first-order valence-corrected chi connectivity index (χ1v) is 31.3. The number of benzene rings is 5. The van der Waals surface area contributed by atoms with Gasteiger partial charge in [0, 0.05) is 50.3 Å². The molecule has 19 nitrogen and oxygen atoms in total. The molecule has 82 heavy (non-hydrogen) atoms. The lowest BCUT2D eigenvalue weighted by Gasteiger charge is -2.41. The van der Waals surface area contributed by atoms with Crippen molar-refractivity contribution in [2.24, 2.45) is 0 Å². The molecule has 0 spiro atoms. The second-order valence-electron chi connectivity index (χ2n) is 21.9. The molecule has 5 amide bonds. The molecular formula is C61H76N10O9S2. The van der Waals surface area contributed by atoms with E-state index in [1.807, 2.05) is 109 Å². The van der Waals surface area contributed by atoms with Crippen LogP contribution in [0.3, 0.4) is 0 Å². The number of carbonyl (C=O) groups excluding carboxylic acids is 5. The highest BCUT2D eigenvalue weighted by Crippen LogP contribution is 2.36. The first-order chi connectivity index (χ1) is 39.4. The van der Waals surface area contributed by atoms with Gasteiger partial charge in [-0.2, -0.15) is 8.61 Å². The Morgan fingerprint density at radius 2 is 0.902 bits per heavy atom. The molecule has 0 aliphatic carbocycles. The summed E-state index contributed by atoms with van der Waals surface area (Å²) in [5.41, 5.74) is 3.79. The van der Waals surface area contributed by atoms with Crippen molar-refractivity contribution in [2.45, 2.75) is 136 Å². The summed E-state index contributed by atoms with van der Waals surface area (Å²) >= 11 is 0. The fourth-order valence-corrected chi connectivity index (χ4v) is 15.1. The predicted octanol–water partition coefficient (Wildman–Crippen LogP) is 4.05. The molecule has 6 N–H and O–H groups in total. The van der Waals surface area contributed by atoms with Crippen molar-refractivity contribution < 1.29 is 40.8 Å². The van der Waals surface area contributed by atoms with E-state index >= 15 is 21.6 Å². The maximum Gasteiger partial charge on any atom is 0.247 e. The Kier molecular flexibility index (Phi) is 19.1. The first-order valence-electron chi connectivity index (χ1n) is 28.4. The van der Waals surface area contributed by atoms with E-state index in [0.717, 1.165) is 36.9 Å². The van der Waals surface area contributed by atoms with Crippen LogP contribution in [0, 0.1) is 0 Å². The average molecular weight is 1160 g/mol. The van der Waals surface area contributed by atoms with E-state index in [4.69, 9.17) is 0 Å². The summed E-state index contributed by atoms with van der Waals surface area (Å²) in [7, 11) is -5.97. The van der Waals surface area contributed by atoms with Gasteiger partial charge in [0.05, 0.1) is 34.0 Å². The summed E-state index contributed by atoms with van der Waals surface area (Å²) in [4.78, 5) is 74.5. The SMILES string of the molecule is CN[C@@H](C)C(=O)N[C@H]1CN(S(=O)(=O)c2cccc(S(=O)(=O)N3CC[C@H]4CC[C@@H](C(C)NC(c5ccccc5)c5ccccc5)N4C(=O)[C@@H](NC(=O)[C@H](C)NC)C3)c2)CC[C@H]2CCC(C(=O)NC(c3ccccc3)c3ccccc3)N2C1=O. The number of hydrogen-bond acceptors (Lipinski definition) is 12. The Labute approximate surface area is 482 Å². The second kappa shape index (κ2) is 26.2. The Morgan fingerprint density at radius 1 is 0.500 bits per heavy atom. The van der Waals surface area contributed by atoms with Crippen molar-refractivity contribution >= 4 is 49.6 Å². The summed E-state index contributed by atoms with van der Waals surface area (Å²) < 4.78 is 62.4. The second-order valence-corrected chi connectivity index (χ2v) is 25.8. The molecule has 0 bridgehead atoms. The summed E-state index contributed by atoms with van der Waals surface area (Å²) in [6.07, 6.45) is 2.31. The van der Waals surface area contributed by atoms with Gasteiger partial charge in [-0.3, -0.25) is 24.0 Å². The van der Waals surface area contributed by atoms with E-state index in [1.165, 1.54) is 23.1 Å². The normalized spacial score (nSPS) is 23.2. The lowest BCUT2D eigenvalue weighted by atomic mass is 9.96. The van der Waals surface area contributed by atoms with E-state index in [1.54, 1.807) is 27.9 Å². The van der Waals surface area contributed by atoms with Gasteiger partial charge in [0.25, 0.3) is 0 Å². The number of hydrogen-bond donors (Lipinski definition) is 6. The topological polar surface area (TPSA) is 239 Å². The molecule has 9 rings (SSSR count). The quantitative estimate of drug-likeness (QED) is 0.0687. The van der Waals surface area contributed by atoms with Crippen LogP contribution in [0.4, 0.5) is 0 Å². The molecule has 4 fully saturated rings. The zero-order valence-corrected chi connectivity index (χ0v) is 48.7. The Bertz CT molecular complexity index is 3200. The fourth-order valence-electron chi connectivity index (χ4n) is 12.0. The van der Waals surface area contributed by atoms with Crippen molar-refractivity contribution in [1.29, 1.82) is 0 Å². The highest BCUT2D eigenvalue weighted by atomic mass is 32.2. The lowest BCUT2D eigenvalue weighted by Crippen LogP contribution is -2.62. The molecule has 21 heteroatoms. The fraction of sp³-hybridized carbons (Fsp3) is 0.426. The molecule has 0 radical (unpaired) electrons. The largest absolute Gasteiger partial charge is 0.343 e. The monoisotopic (exact) mass is 1160 g/mol. The third kappa shape index (κ3) is 13.0. The number of nitrogens with zero attached hydrogens (tertiary/aromatic N) is 4. The van der Waals surface area contributed by atoms with Gasteiger partial charge >= 0.3 is 0 Å². The van der Waals surface area contributed by atoms with Gasteiger partial charge < -0.3 is 41.7 Å². The Balaban J connectivity index is 0.961. The van der Waals surface area contributed by atoms with Gasteiger partial charge in [-0.05, 0) is 114 Å². The molecule has 4 heterocycles. The first kappa shape index (κ1) is 59.8. The average Bonchev–Trinajstić information content (AvgIpc) is 4.28. The van der Waals surface area contributed by atoms with E-state index in [-0.39, 0.29) is 65.8 Å². The number of likely N-dealkylation sites (N-methyl/N-ethyl adjacent to an activating group) is 2. The summed E-state index contributed by atoms with van der Waals surface area (Å²) in [5, 5.41) is 18.4. The van der Waals surface area contributed by atoms with Crippen molar-refractivity contribution in [3.05, 3.63) is 168 Å². The number of nitrogens with one attached hydrogen (secondary N) is 6. The number of rotatable bonds is 19. The molecule has 5 aromatic carbocycles. The molecule has 0 saturated carbocycles. The summed E-state index contributed by atoms with van der Waals surface area (Å²) in [6, 6.07) is 36.7. The van der Waals surface area contributed by atoms with Gasteiger partial charge in [0.1, 0.15) is 18.1 Å². The molecule has 4 saturated heterocycles. The highest BCUT2D eigenvalue weighted by Gasteiger charge is 2.49. The number of sulfonamides is 2. The third-order valence-electron chi connectivity index (χ3n) is 16.8. The molecule has 436 valence electrons. The van der Waals surface area contributed by atoms with Crippen LogP contribution < -0.4 is 31.9 Å². The molecule has 4 aliphatic heterocycles. The van der Waals surface area contributed by atoms with Crippen LogP contribution >= 0.6 is 0 Å². The highest BCUT2D eigenvalue weighted by molar-refractivity contribution is 7.90. The Hall–Kier alpha value is -6.85. The maximum atomic E-state index is 15.1. The van der Waals surface area contributed by atoms with Gasteiger partial charge in [0.2, 0.25) is 49.6 Å². The van der Waals surface area contributed by atoms with Crippen molar-refractivity contribution in [3.63, 3.8) is 0 Å². The zero-order valence-electron chi connectivity index (χ0n) is 47.1. The van der Waals surface area contributed by atoms with Crippen LogP contribution in [0.5, 0.6) is 0 Å². The van der Waals surface area contributed by atoms with Crippen molar-refractivity contribution in [2.75, 3.05) is 40.3 Å². The van der Waals surface area contributed by atoms with Crippen molar-refractivity contribution in [1.82, 2.24) is 50.3 Å². The van der Waals surface area contributed by atoms with Gasteiger partial charge in [-0.15, -0.1) is 0 Å². The van der Waals surface area contributed by atoms with Gasteiger partial charge in [0.15, 0.2) is 0 Å². The van der Waals surface area contributed by atoms with E-state index < -0.39 is 99.1 Å². The third-order valence-corrected chi connectivity index (χ3v) is 20.6. The van der Waals surface area contributed by atoms with Crippen molar-refractivity contribution in [3.8, 4) is 0 Å². The molecule has 2 unspecified atom stereocenters. The van der Waals surface area contributed by atoms with E-state index in [2.05, 4.69) is 56.2 Å². The number of carbonyl (C=O) groups is 5. The molecule has 9 atom stereocenters. The molecule has 0 aromatic heterocycles. The smallest absolute Gasteiger partial charge is 0.247 e. The van der Waals surface area contributed by atoms with Crippen LogP contribution in [0.1, 0.15) is 93.6 Å². The van der Waals surface area contributed by atoms with Crippen LogP contribution in [-0.4, -0.2) is 159 Å². The lowest BCUT2D eigenvalue weighted by molar-refractivity contribution is -0.144. The van der Waals surface area contributed by atoms with E-state index in [9.17, 15) is 19.2 Å². The van der Waals surface area contributed by atoms with Crippen LogP contribution in [0.2, 0.25) is 0 Å². The molecule has 4 aliphatic rings.